The van der Waals surface area contributed by atoms with E-state index in [1.54, 1.807) is 6.92 Å². The Morgan fingerprint density at radius 2 is 1.66 bits per heavy atom. The van der Waals surface area contributed by atoms with Gasteiger partial charge >= 0.3 is 6.18 Å². The minimum atomic E-state index is -4.65. The number of anilines is 1. The number of benzene rings is 2. The lowest BCUT2D eigenvalue weighted by Gasteiger charge is -2.29. The molecular formula is C26H33F4N3O4S. The number of hydrogen-bond acceptors (Lipinski definition) is 4. The van der Waals surface area contributed by atoms with Gasteiger partial charge in [-0.2, -0.15) is 13.2 Å². The van der Waals surface area contributed by atoms with Gasteiger partial charge in [-0.25, -0.2) is 12.8 Å². The summed E-state index contributed by atoms with van der Waals surface area (Å²) in [4.78, 5) is 27.2. The van der Waals surface area contributed by atoms with Crippen LogP contribution < -0.4 is 9.62 Å². The largest absolute Gasteiger partial charge is 0.416 e. The molecule has 1 unspecified atom stereocenters. The molecule has 0 aliphatic rings. The van der Waals surface area contributed by atoms with Crippen LogP contribution in [0.5, 0.6) is 0 Å². The number of hydrogen-bond donors (Lipinski definition) is 1. The molecule has 0 aliphatic heterocycles. The highest BCUT2D eigenvalue weighted by Gasteiger charge is 2.32. The highest BCUT2D eigenvalue weighted by atomic mass is 32.2. The Bertz CT molecular complexity index is 1200. The van der Waals surface area contributed by atoms with E-state index < -0.39 is 39.5 Å². The molecule has 0 bridgehead atoms. The molecule has 1 atom stereocenters. The summed E-state index contributed by atoms with van der Waals surface area (Å²) in [5, 5.41) is 2.77. The molecule has 2 rings (SSSR count). The van der Waals surface area contributed by atoms with E-state index in [-0.39, 0.29) is 43.4 Å². The fourth-order valence-electron chi connectivity index (χ4n) is 3.66. The highest BCUT2D eigenvalue weighted by Crippen LogP contribution is 2.32. The van der Waals surface area contributed by atoms with Crippen molar-refractivity contribution < 1.29 is 35.6 Å². The maximum absolute atomic E-state index is 13.4. The maximum atomic E-state index is 13.4. The number of rotatable bonds is 12. The third kappa shape index (κ3) is 9.30. The number of amides is 2. The monoisotopic (exact) mass is 559 g/mol. The molecule has 38 heavy (non-hydrogen) atoms. The lowest BCUT2D eigenvalue weighted by atomic mass is 10.1. The highest BCUT2D eigenvalue weighted by molar-refractivity contribution is 7.92. The van der Waals surface area contributed by atoms with Crippen LogP contribution in [-0.2, 0) is 32.3 Å². The summed E-state index contributed by atoms with van der Waals surface area (Å²) >= 11 is 0. The Labute approximate surface area is 220 Å². The van der Waals surface area contributed by atoms with Crippen LogP contribution in [0.4, 0.5) is 23.2 Å². The number of carbonyl (C=O) groups is 2. The van der Waals surface area contributed by atoms with Crippen LogP contribution in [0.1, 0.15) is 44.7 Å². The quantitative estimate of drug-likeness (QED) is 0.386. The van der Waals surface area contributed by atoms with Gasteiger partial charge in [0, 0.05) is 26.1 Å². The van der Waals surface area contributed by atoms with Crippen molar-refractivity contribution in [2.45, 2.75) is 52.4 Å². The third-order valence-electron chi connectivity index (χ3n) is 5.73. The number of nitrogens with zero attached hydrogens (tertiary/aromatic N) is 2. The molecule has 2 aromatic rings. The van der Waals surface area contributed by atoms with Crippen molar-refractivity contribution in [2.75, 3.05) is 23.7 Å². The van der Waals surface area contributed by atoms with Crippen LogP contribution in [0.3, 0.4) is 0 Å². The van der Waals surface area contributed by atoms with Crippen LogP contribution in [0.15, 0.2) is 48.5 Å². The van der Waals surface area contributed by atoms with Gasteiger partial charge in [-0.15, -0.1) is 0 Å². The van der Waals surface area contributed by atoms with Crippen molar-refractivity contribution in [3.8, 4) is 0 Å². The van der Waals surface area contributed by atoms with E-state index in [0.29, 0.717) is 12.1 Å². The summed E-state index contributed by atoms with van der Waals surface area (Å²) < 4.78 is 78.3. The molecule has 1 N–H and O–H groups in total. The van der Waals surface area contributed by atoms with Gasteiger partial charge in [0.2, 0.25) is 21.8 Å². The predicted molar refractivity (Wildman–Crippen MR) is 137 cm³/mol. The lowest BCUT2D eigenvalue weighted by molar-refractivity contribution is -0.140. The maximum Gasteiger partial charge on any atom is 0.416 e. The molecule has 7 nitrogen and oxygen atoms in total. The van der Waals surface area contributed by atoms with Gasteiger partial charge in [-0.1, -0.05) is 32.0 Å². The van der Waals surface area contributed by atoms with Crippen LogP contribution >= 0.6 is 0 Å². The molecule has 2 aromatic carbocycles. The summed E-state index contributed by atoms with van der Waals surface area (Å²) in [6.45, 7) is 5.57. The average molecular weight is 560 g/mol. The van der Waals surface area contributed by atoms with Crippen LogP contribution in [0.2, 0.25) is 0 Å². The van der Waals surface area contributed by atoms with Gasteiger partial charge in [0.05, 0.1) is 17.5 Å². The first kappa shape index (κ1) is 31.1. The van der Waals surface area contributed by atoms with E-state index in [4.69, 9.17) is 0 Å². The first-order chi connectivity index (χ1) is 17.6. The van der Waals surface area contributed by atoms with E-state index in [1.807, 2.05) is 13.8 Å². The molecule has 0 aromatic heterocycles. The van der Waals surface area contributed by atoms with E-state index in [2.05, 4.69) is 5.32 Å². The zero-order valence-electron chi connectivity index (χ0n) is 21.8. The molecule has 0 fully saturated rings. The second kappa shape index (κ2) is 13.1. The van der Waals surface area contributed by atoms with E-state index >= 15 is 0 Å². The first-order valence-electron chi connectivity index (χ1n) is 12.1. The molecule has 12 heteroatoms. The van der Waals surface area contributed by atoms with Gasteiger partial charge < -0.3 is 10.2 Å². The lowest BCUT2D eigenvalue weighted by Crippen LogP contribution is -2.48. The SMILES string of the molecule is CC(C)CNC(=O)C(C)N(Cc1ccc(F)cc1)C(=O)CCCN(c1cccc(C(F)(F)F)c1)S(C)(=O)=O. The van der Waals surface area contributed by atoms with Crippen LogP contribution in [-0.4, -0.2) is 50.5 Å². The second-order valence-electron chi connectivity index (χ2n) is 9.45. The Balaban J connectivity index is 2.20. The minimum Gasteiger partial charge on any atom is -0.354 e. The van der Waals surface area contributed by atoms with Crippen molar-refractivity contribution in [1.82, 2.24) is 10.2 Å². The summed E-state index contributed by atoms with van der Waals surface area (Å²) in [6, 6.07) is 8.53. The Kier molecular flexibility index (Phi) is 10.7. The second-order valence-corrected chi connectivity index (χ2v) is 11.4. The van der Waals surface area contributed by atoms with Gasteiger partial charge in [0.25, 0.3) is 0 Å². The molecule has 0 saturated carbocycles. The van der Waals surface area contributed by atoms with Gasteiger partial charge in [0.15, 0.2) is 0 Å². The number of sulfonamides is 1. The van der Waals surface area contributed by atoms with Gasteiger partial charge in [-0.05, 0) is 55.2 Å². The first-order valence-corrected chi connectivity index (χ1v) is 13.9. The number of nitrogens with one attached hydrogen (secondary N) is 1. The normalized spacial score (nSPS) is 12.8. The van der Waals surface area contributed by atoms with Crippen LogP contribution in [0, 0.1) is 11.7 Å². The van der Waals surface area contributed by atoms with E-state index in [1.165, 1.54) is 35.2 Å². The molecular weight excluding hydrogens is 526 g/mol. The summed E-state index contributed by atoms with van der Waals surface area (Å²) in [5.41, 5.74) is -0.573. The van der Waals surface area contributed by atoms with Crippen molar-refractivity contribution in [3.63, 3.8) is 0 Å². The number of carbonyl (C=O) groups excluding carboxylic acids is 2. The molecule has 2 amide bonds. The fraction of sp³-hybridized carbons (Fsp3) is 0.462. The standard InChI is InChI=1S/C26H33F4N3O4S/c1-18(2)16-31-25(35)19(3)32(17-20-10-12-22(27)13-11-20)24(34)9-6-14-33(38(4,36)37)23-8-5-7-21(15-23)26(28,29)30/h5,7-8,10-13,15,18-19H,6,9,14,16-17H2,1-4H3,(H,31,35). The van der Waals surface area contributed by atoms with Crippen LogP contribution in [0.25, 0.3) is 0 Å². The van der Waals surface area contributed by atoms with Crippen molar-refractivity contribution in [1.29, 1.82) is 0 Å². The van der Waals surface area contributed by atoms with Crippen molar-refractivity contribution in [2.24, 2.45) is 5.92 Å². The van der Waals surface area contributed by atoms with E-state index in [9.17, 15) is 35.6 Å². The summed E-state index contributed by atoms with van der Waals surface area (Å²) in [6.07, 6.45) is -3.96. The molecule has 0 spiro atoms. The Morgan fingerprint density at radius 3 is 2.21 bits per heavy atom. The van der Waals surface area contributed by atoms with E-state index in [0.717, 1.165) is 28.8 Å². The Hall–Kier alpha value is -3.15. The third-order valence-corrected chi connectivity index (χ3v) is 6.93. The molecule has 0 radical (unpaired) electrons. The molecule has 210 valence electrons. The van der Waals surface area contributed by atoms with Crippen molar-refractivity contribution >= 4 is 27.5 Å². The predicted octanol–water partition coefficient (Wildman–Crippen LogP) is 4.58. The summed E-state index contributed by atoms with van der Waals surface area (Å²) in [5.74, 6) is -1.11. The van der Waals surface area contributed by atoms with Gasteiger partial charge in [0.1, 0.15) is 11.9 Å². The number of alkyl halides is 3. The van der Waals surface area contributed by atoms with Crippen molar-refractivity contribution in [3.05, 3.63) is 65.5 Å². The topological polar surface area (TPSA) is 86.8 Å². The smallest absolute Gasteiger partial charge is 0.354 e. The Morgan fingerprint density at radius 1 is 1.03 bits per heavy atom. The molecule has 0 saturated heterocycles. The molecule has 0 aliphatic carbocycles. The summed E-state index contributed by atoms with van der Waals surface area (Å²) in [7, 11) is -3.95. The number of halogens is 4. The fourth-order valence-corrected chi connectivity index (χ4v) is 4.62. The average Bonchev–Trinajstić information content (AvgIpc) is 2.83. The molecule has 0 heterocycles. The minimum absolute atomic E-state index is 0.0115. The zero-order chi connectivity index (χ0) is 28.7. The zero-order valence-corrected chi connectivity index (χ0v) is 22.6. The van der Waals surface area contributed by atoms with Gasteiger partial charge in [-0.3, -0.25) is 13.9 Å².